The Morgan fingerprint density at radius 2 is 1.67 bits per heavy atom. The molecule has 4 amide bonds. The molecule has 1 aromatic carbocycles. The lowest BCUT2D eigenvalue weighted by atomic mass is 10.1. The van der Waals surface area contributed by atoms with E-state index in [4.69, 9.17) is 10.5 Å². The SMILES string of the molecule is CC(C)[C@@H](OC(=O)CNC(=O)c1ccc(C(F)(F)F)cc1)C(=O)NC(N)=O. The molecule has 0 saturated heterocycles. The van der Waals surface area contributed by atoms with E-state index in [1.807, 2.05) is 0 Å². The molecule has 0 heterocycles. The van der Waals surface area contributed by atoms with Crippen LogP contribution in [0.25, 0.3) is 0 Å². The molecule has 148 valence electrons. The molecule has 0 radical (unpaired) electrons. The zero-order valence-corrected chi connectivity index (χ0v) is 14.4. The van der Waals surface area contributed by atoms with Gasteiger partial charge in [-0.15, -0.1) is 0 Å². The van der Waals surface area contributed by atoms with Gasteiger partial charge in [-0.3, -0.25) is 19.7 Å². The quantitative estimate of drug-likeness (QED) is 0.630. The number of primary amides is 1. The van der Waals surface area contributed by atoms with Gasteiger partial charge < -0.3 is 15.8 Å². The van der Waals surface area contributed by atoms with Gasteiger partial charge in [-0.05, 0) is 30.2 Å². The Morgan fingerprint density at radius 3 is 2.11 bits per heavy atom. The van der Waals surface area contributed by atoms with E-state index < -0.39 is 54.1 Å². The summed E-state index contributed by atoms with van der Waals surface area (Å²) in [5, 5.41) is 3.94. The van der Waals surface area contributed by atoms with Crippen molar-refractivity contribution in [3.63, 3.8) is 0 Å². The summed E-state index contributed by atoms with van der Waals surface area (Å²) in [6, 6.07) is 2.27. The number of nitrogens with two attached hydrogens (primary N) is 1. The average Bonchev–Trinajstić information content (AvgIpc) is 2.55. The van der Waals surface area contributed by atoms with Crippen LogP contribution in [-0.2, 0) is 20.5 Å². The first-order valence-corrected chi connectivity index (χ1v) is 7.67. The summed E-state index contributed by atoms with van der Waals surface area (Å²) in [4.78, 5) is 46.1. The molecule has 8 nitrogen and oxygen atoms in total. The minimum absolute atomic E-state index is 0.0947. The molecule has 4 N–H and O–H groups in total. The highest BCUT2D eigenvalue weighted by Crippen LogP contribution is 2.29. The summed E-state index contributed by atoms with van der Waals surface area (Å²) < 4.78 is 42.3. The Kier molecular flexibility index (Phi) is 7.32. The first-order chi connectivity index (χ1) is 12.4. The molecule has 0 fully saturated rings. The standard InChI is InChI=1S/C16H18F3N3O5/c1-8(2)12(14(25)22-15(20)26)27-11(23)7-21-13(24)9-3-5-10(6-4-9)16(17,18)19/h3-6,8,12H,7H2,1-2H3,(H,21,24)(H3,20,22,25,26)/t12-/m1/s1. The van der Waals surface area contributed by atoms with Crippen molar-refractivity contribution in [3.8, 4) is 0 Å². The highest BCUT2D eigenvalue weighted by atomic mass is 19.4. The van der Waals surface area contributed by atoms with Gasteiger partial charge in [0.15, 0.2) is 6.10 Å². The van der Waals surface area contributed by atoms with E-state index in [1.165, 1.54) is 0 Å². The third kappa shape index (κ3) is 6.96. The number of benzene rings is 1. The van der Waals surface area contributed by atoms with E-state index >= 15 is 0 Å². The van der Waals surface area contributed by atoms with Crippen molar-refractivity contribution in [1.82, 2.24) is 10.6 Å². The molecule has 0 unspecified atom stereocenters. The Morgan fingerprint density at radius 1 is 1.11 bits per heavy atom. The van der Waals surface area contributed by atoms with E-state index in [0.29, 0.717) is 0 Å². The molecule has 0 aliphatic carbocycles. The number of hydrogen-bond acceptors (Lipinski definition) is 5. The molecule has 0 aliphatic heterocycles. The van der Waals surface area contributed by atoms with Gasteiger partial charge in [-0.2, -0.15) is 13.2 Å². The maximum atomic E-state index is 12.5. The predicted molar refractivity (Wildman–Crippen MR) is 86.2 cm³/mol. The number of urea groups is 1. The molecule has 27 heavy (non-hydrogen) atoms. The summed E-state index contributed by atoms with van der Waals surface area (Å²) in [6.45, 7) is 2.48. The van der Waals surface area contributed by atoms with Crippen LogP contribution in [0, 0.1) is 5.92 Å². The Hall–Kier alpha value is -3.11. The lowest BCUT2D eigenvalue weighted by Crippen LogP contribution is -2.46. The molecule has 0 bridgehead atoms. The summed E-state index contributed by atoms with van der Waals surface area (Å²) >= 11 is 0. The summed E-state index contributed by atoms with van der Waals surface area (Å²) in [7, 11) is 0. The van der Waals surface area contributed by atoms with Crippen LogP contribution < -0.4 is 16.4 Å². The van der Waals surface area contributed by atoms with Crippen LogP contribution in [0.1, 0.15) is 29.8 Å². The number of nitrogens with one attached hydrogen (secondary N) is 2. The third-order valence-electron chi connectivity index (χ3n) is 3.24. The summed E-state index contributed by atoms with van der Waals surface area (Å²) in [6.07, 6.45) is -5.84. The van der Waals surface area contributed by atoms with Gasteiger partial charge in [-0.1, -0.05) is 13.8 Å². The van der Waals surface area contributed by atoms with Crippen LogP contribution in [0.4, 0.5) is 18.0 Å². The topological polar surface area (TPSA) is 128 Å². The van der Waals surface area contributed by atoms with Crippen molar-refractivity contribution in [3.05, 3.63) is 35.4 Å². The lowest BCUT2D eigenvalue weighted by Gasteiger charge is -2.19. The second-order valence-corrected chi connectivity index (χ2v) is 5.77. The van der Waals surface area contributed by atoms with Crippen LogP contribution in [0.2, 0.25) is 0 Å². The summed E-state index contributed by atoms with van der Waals surface area (Å²) in [5.41, 5.74) is 3.81. The fourth-order valence-electron chi connectivity index (χ4n) is 1.93. The van der Waals surface area contributed by atoms with Crippen LogP contribution in [0.5, 0.6) is 0 Å². The molecule has 1 rings (SSSR count). The average molecular weight is 389 g/mol. The molecule has 0 aromatic heterocycles. The highest BCUT2D eigenvalue weighted by molar-refractivity contribution is 5.98. The fraction of sp³-hybridized carbons (Fsp3) is 0.375. The highest BCUT2D eigenvalue weighted by Gasteiger charge is 2.30. The second kappa shape index (κ2) is 9.01. The number of amides is 4. The van der Waals surface area contributed by atoms with E-state index in [9.17, 15) is 32.3 Å². The van der Waals surface area contributed by atoms with Gasteiger partial charge in [0.05, 0.1) is 5.56 Å². The van der Waals surface area contributed by atoms with Crippen molar-refractivity contribution in [1.29, 1.82) is 0 Å². The molecular weight excluding hydrogens is 371 g/mol. The summed E-state index contributed by atoms with van der Waals surface area (Å²) in [5.74, 6) is -3.18. The third-order valence-corrected chi connectivity index (χ3v) is 3.24. The van der Waals surface area contributed by atoms with Crippen molar-refractivity contribution in [2.45, 2.75) is 26.1 Å². The van der Waals surface area contributed by atoms with Gasteiger partial charge in [-0.25, -0.2) is 4.79 Å². The fourth-order valence-corrected chi connectivity index (χ4v) is 1.93. The minimum Gasteiger partial charge on any atom is -0.451 e. The smallest absolute Gasteiger partial charge is 0.416 e. The predicted octanol–water partition coefficient (Wildman–Crippen LogP) is 1.20. The number of esters is 1. The molecule has 0 aliphatic rings. The number of hydrogen-bond donors (Lipinski definition) is 3. The number of halogens is 3. The number of carbonyl (C=O) groups excluding carboxylic acids is 4. The first-order valence-electron chi connectivity index (χ1n) is 7.67. The zero-order chi connectivity index (χ0) is 20.8. The van der Waals surface area contributed by atoms with Gasteiger partial charge >= 0.3 is 18.2 Å². The Balaban J connectivity index is 2.63. The number of carbonyl (C=O) groups is 4. The second-order valence-electron chi connectivity index (χ2n) is 5.77. The van der Waals surface area contributed by atoms with Crippen LogP contribution in [0.3, 0.4) is 0 Å². The molecule has 1 aromatic rings. The van der Waals surface area contributed by atoms with Crippen molar-refractivity contribution >= 4 is 23.8 Å². The van der Waals surface area contributed by atoms with Crippen molar-refractivity contribution in [2.24, 2.45) is 11.7 Å². The minimum atomic E-state index is -4.53. The van der Waals surface area contributed by atoms with Crippen molar-refractivity contribution < 1.29 is 37.1 Å². The van der Waals surface area contributed by atoms with E-state index in [0.717, 1.165) is 24.3 Å². The number of rotatable bonds is 6. The largest absolute Gasteiger partial charge is 0.451 e. The van der Waals surface area contributed by atoms with E-state index in [1.54, 1.807) is 19.2 Å². The van der Waals surface area contributed by atoms with E-state index in [-0.39, 0.29) is 5.56 Å². The number of ether oxygens (including phenoxy) is 1. The molecule has 0 spiro atoms. The first kappa shape index (κ1) is 21.9. The monoisotopic (exact) mass is 389 g/mol. The van der Waals surface area contributed by atoms with E-state index in [2.05, 4.69) is 5.32 Å². The van der Waals surface area contributed by atoms with Gasteiger partial charge in [0.25, 0.3) is 11.8 Å². The molecular formula is C16H18F3N3O5. The lowest BCUT2D eigenvalue weighted by molar-refractivity contribution is -0.157. The molecule has 11 heteroatoms. The maximum absolute atomic E-state index is 12.5. The van der Waals surface area contributed by atoms with Crippen LogP contribution >= 0.6 is 0 Å². The van der Waals surface area contributed by atoms with Gasteiger partial charge in [0, 0.05) is 5.56 Å². The maximum Gasteiger partial charge on any atom is 0.416 e. The Labute approximate surface area is 152 Å². The molecule has 1 atom stereocenters. The van der Waals surface area contributed by atoms with Gasteiger partial charge in [0.1, 0.15) is 6.54 Å². The number of alkyl halides is 3. The molecule has 0 saturated carbocycles. The van der Waals surface area contributed by atoms with Gasteiger partial charge in [0.2, 0.25) is 0 Å². The Bertz CT molecular complexity index is 717. The zero-order valence-electron chi connectivity index (χ0n) is 14.4. The number of imide groups is 1. The van der Waals surface area contributed by atoms with Crippen molar-refractivity contribution in [2.75, 3.05) is 6.54 Å². The normalized spacial score (nSPS) is 12.2. The van der Waals surface area contributed by atoms with Crippen LogP contribution in [0.15, 0.2) is 24.3 Å². The van der Waals surface area contributed by atoms with Crippen LogP contribution in [-0.4, -0.2) is 36.5 Å².